The Morgan fingerprint density at radius 1 is 1.56 bits per heavy atom. The zero-order valence-corrected chi connectivity index (χ0v) is 10.8. The number of aliphatic hydroxyl groups excluding tert-OH is 1. The number of urea groups is 1. The highest BCUT2D eigenvalue weighted by atomic mass is 32.1. The van der Waals surface area contributed by atoms with Gasteiger partial charge in [-0.25, -0.2) is 9.59 Å². The van der Waals surface area contributed by atoms with Crippen LogP contribution in [-0.4, -0.2) is 46.8 Å². The van der Waals surface area contributed by atoms with Crippen molar-refractivity contribution in [2.24, 2.45) is 0 Å². The summed E-state index contributed by atoms with van der Waals surface area (Å²) in [5.41, 5.74) is 0. The molecule has 1 atom stereocenters. The van der Waals surface area contributed by atoms with Crippen LogP contribution in [0.4, 0.5) is 4.79 Å². The van der Waals surface area contributed by atoms with E-state index < -0.39 is 12.1 Å². The number of hydrogen-bond acceptors (Lipinski definition) is 4. The van der Waals surface area contributed by atoms with Crippen molar-refractivity contribution in [3.63, 3.8) is 0 Å². The Hall–Kier alpha value is -1.60. The van der Waals surface area contributed by atoms with E-state index in [1.54, 1.807) is 18.4 Å². The standard InChI is InChI=1S/C11H16N2O4S/c1-13(7-8-3-2-6-18-8)11(17)12-5-4-9(14)10(15)16/h2-3,6,9,14H,4-5,7H2,1H3,(H,12,17)(H,15,16). The van der Waals surface area contributed by atoms with E-state index in [0.717, 1.165) is 4.88 Å². The van der Waals surface area contributed by atoms with Crippen LogP contribution >= 0.6 is 11.3 Å². The quantitative estimate of drug-likeness (QED) is 0.712. The molecule has 0 aliphatic rings. The van der Waals surface area contributed by atoms with Gasteiger partial charge in [0.1, 0.15) is 0 Å². The average Bonchev–Trinajstić information content (AvgIpc) is 2.81. The highest BCUT2D eigenvalue weighted by Crippen LogP contribution is 2.10. The van der Waals surface area contributed by atoms with Gasteiger partial charge in [-0.05, 0) is 11.4 Å². The molecule has 0 aliphatic heterocycles. The average molecular weight is 272 g/mol. The van der Waals surface area contributed by atoms with Crippen LogP contribution in [0.15, 0.2) is 17.5 Å². The van der Waals surface area contributed by atoms with Gasteiger partial charge in [0.2, 0.25) is 0 Å². The first kappa shape index (κ1) is 14.5. The molecule has 1 unspecified atom stereocenters. The normalized spacial score (nSPS) is 11.9. The minimum absolute atomic E-state index is 0.00604. The second-order valence-electron chi connectivity index (χ2n) is 3.81. The monoisotopic (exact) mass is 272 g/mol. The van der Waals surface area contributed by atoms with Crippen molar-refractivity contribution < 1.29 is 19.8 Å². The van der Waals surface area contributed by atoms with Crippen LogP contribution in [0.1, 0.15) is 11.3 Å². The number of carbonyl (C=O) groups is 2. The Balaban J connectivity index is 2.26. The number of nitrogens with one attached hydrogen (secondary N) is 1. The van der Waals surface area contributed by atoms with Gasteiger partial charge in [0.05, 0.1) is 6.54 Å². The molecule has 6 nitrogen and oxygen atoms in total. The summed E-state index contributed by atoms with van der Waals surface area (Å²) in [7, 11) is 1.66. The molecule has 0 aromatic carbocycles. The van der Waals surface area contributed by atoms with E-state index in [1.165, 1.54) is 4.90 Å². The van der Waals surface area contributed by atoms with Crippen molar-refractivity contribution in [2.45, 2.75) is 19.1 Å². The summed E-state index contributed by atoms with van der Waals surface area (Å²) >= 11 is 1.56. The zero-order valence-electron chi connectivity index (χ0n) is 10.00. The Morgan fingerprint density at radius 2 is 2.28 bits per heavy atom. The molecule has 18 heavy (non-hydrogen) atoms. The van der Waals surface area contributed by atoms with Crippen molar-refractivity contribution in [1.29, 1.82) is 0 Å². The lowest BCUT2D eigenvalue weighted by Gasteiger charge is -2.17. The van der Waals surface area contributed by atoms with Crippen molar-refractivity contribution >= 4 is 23.3 Å². The molecular formula is C11H16N2O4S. The number of aliphatic hydroxyl groups is 1. The SMILES string of the molecule is CN(Cc1cccs1)C(=O)NCCC(O)C(=O)O. The number of aliphatic carboxylic acids is 1. The Labute approximate surface area is 109 Å². The van der Waals surface area contributed by atoms with Crippen LogP contribution in [0, 0.1) is 0 Å². The predicted octanol–water partition coefficient (Wildman–Crippen LogP) is 0.725. The third-order valence-corrected chi connectivity index (χ3v) is 3.16. The topological polar surface area (TPSA) is 89.9 Å². The molecule has 0 fully saturated rings. The lowest BCUT2D eigenvalue weighted by atomic mass is 10.2. The fourth-order valence-corrected chi connectivity index (χ4v) is 2.04. The second kappa shape index (κ2) is 6.97. The largest absolute Gasteiger partial charge is 0.479 e. The highest BCUT2D eigenvalue weighted by Gasteiger charge is 2.14. The number of carboxylic acid groups (broad SMARTS) is 1. The van der Waals surface area contributed by atoms with Crippen LogP contribution in [0.5, 0.6) is 0 Å². The van der Waals surface area contributed by atoms with E-state index in [4.69, 9.17) is 10.2 Å². The van der Waals surface area contributed by atoms with Gasteiger partial charge in [-0.3, -0.25) is 0 Å². The van der Waals surface area contributed by atoms with Gasteiger partial charge < -0.3 is 20.4 Å². The Morgan fingerprint density at radius 3 is 2.83 bits per heavy atom. The number of thiophene rings is 1. The molecule has 0 saturated carbocycles. The first-order chi connectivity index (χ1) is 8.50. The number of hydrogen-bond donors (Lipinski definition) is 3. The smallest absolute Gasteiger partial charge is 0.332 e. The Bertz CT molecular complexity index is 394. The van der Waals surface area contributed by atoms with Crippen molar-refractivity contribution in [3.05, 3.63) is 22.4 Å². The van der Waals surface area contributed by atoms with E-state index in [9.17, 15) is 9.59 Å². The van der Waals surface area contributed by atoms with Gasteiger partial charge in [-0.1, -0.05) is 6.07 Å². The molecule has 1 rings (SSSR count). The van der Waals surface area contributed by atoms with E-state index >= 15 is 0 Å². The van der Waals surface area contributed by atoms with Crippen LogP contribution in [0.3, 0.4) is 0 Å². The van der Waals surface area contributed by atoms with Crippen molar-refractivity contribution in [3.8, 4) is 0 Å². The molecule has 100 valence electrons. The first-order valence-electron chi connectivity index (χ1n) is 5.43. The zero-order chi connectivity index (χ0) is 13.5. The van der Waals surface area contributed by atoms with E-state index in [2.05, 4.69) is 5.32 Å². The van der Waals surface area contributed by atoms with Gasteiger partial charge in [0, 0.05) is 24.9 Å². The molecule has 0 spiro atoms. The molecule has 0 aliphatic carbocycles. The third kappa shape index (κ3) is 4.72. The molecule has 3 N–H and O–H groups in total. The summed E-state index contributed by atoms with van der Waals surface area (Å²) in [4.78, 5) is 24.5. The summed E-state index contributed by atoms with van der Waals surface area (Å²) in [6, 6.07) is 3.55. The molecule has 0 saturated heterocycles. The van der Waals surface area contributed by atoms with Crippen LogP contribution in [0.2, 0.25) is 0 Å². The van der Waals surface area contributed by atoms with Crippen molar-refractivity contribution in [2.75, 3.05) is 13.6 Å². The minimum Gasteiger partial charge on any atom is -0.479 e. The molecule has 1 aromatic heterocycles. The van der Waals surface area contributed by atoms with E-state index in [-0.39, 0.29) is 19.0 Å². The maximum Gasteiger partial charge on any atom is 0.332 e. The summed E-state index contributed by atoms with van der Waals surface area (Å²) < 4.78 is 0. The molecule has 2 amide bonds. The van der Waals surface area contributed by atoms with Crippen molar-refractivity contribution in [1.82, 2.24) is 10.2 Å². The predicted molar refractivity (Wildman–Crippen MR) is 67.4 cm³/mol. The molecule has 0 radical (unpaired) electrons. The van der Waals surface area contributed by atoms with Crippen LogP contribution in [-0.2, 0) is 11.3 Å². The summed E-state index contributed by atoms with van der Waals surface area (Å²) in [5.74, 6) is -1.28. The fourth-order valence-electron chi connectivity index (χ4n) is 1.28. The van der Waals surface area contributed by atoms with Gasteiger partial charge in [-0.15, -0.1) is 11.3 Å². The van der Waals surface area contributed by atoms with Gasteiger partial charge >= 0.3 is 12.0 Å². The van der Waals surface area contributed by atoms with Gasteiger partial charge in [0.15, 0.2) is 6.10 Å². The fraction of sp³-hybridized carbons (Fsp3) is 0.455. The third-order valence-electron chi connectivity index (χ3n) is 2.30. The van der Waals surface area contributed by atoms with E-state index in [0.29, 0.717) is 6.54 Å². The molecular weight excluding hydrogens is 256 g/mol. The van der Waals surface area contributed by atoms with Gasteiger partial charge in [-0.2, -0.15) is 0 Å². The second-order valence-corrected chi connectivity index (χ2v) is 4.84. The summed E-state index contributed by atoms with van der Waals surface area (Å²) in [5, 5.41) is 22.0. The van der Waals surface area contributed by atoms with Crippen LogP contribution < -0.4 is 5.32 Å². The highest BCUT2D eigenvalue weighted by molar-refractivity contribution is 7.09. The lowest BCUT2D eigenvalue weighted by molar-refractivity contribution is -0.146. The first-order valence-corrected chi connectivity index (χ1v) is 6.31. The number of amides is 2. The summed E-state index contributed by atoms with van der Waals surface area (Å²) in [6.07, 6.45) is -1.44. The lowest BCUT2D eigenvalue weighted by Crippen LogP contribution is -2.38. The maximum atomic E-state index is 11.6. The minimum atomic E-state index is -1.44. The molecule has 7 heteroatoms. The number of nitrogens with zero attached hydrogens (tertiary/aromatic N) is 1. The van der Waals surface area contributed by atoms with Gasteiger partial charge in [0.25, 0.3) is 0 Å². The van der Waals surface area contributed by atoms with E-state index in [1.807, 2.05) is 17.5 Å². The Kier molecular flexibility index (Phi) is 5.60. The summed E-state index contributed by atoms with van der Waals surface area (Å²) in [6.45, 7) is 0.631. The number of carboxylic acids is 1. The number of carbonyl (C=O) groups excluding carboxylic acids is 1. The molecule has 1 aromatic rings. The maximum absolute atomic E-state index is 11.6. The molecule has 0 bridgehead atoms. The molecule has 1 heterocycles. The number of rotatable bonds is 6. The van der Waals surface area contributed by atoms with Crippen LogP contribution in [0.25, 0.3) is 0 Å².